The van der Waals surface area contributed by atoms with Crippen LogP contribution in [0, 0.1) is 0 Å². The summed E-state index contributed by atoms with van der Waals surface area (Å²) in [5.41, 5.74) is 7.05. The highest BCUT2D eigenvalue weighted by Crippen LogP contribution is 2.43. The fourth-order valence-corrected chi connectivity index (χ4v) is 8.56. The summed E-state index contributed by atoms with van der Waals surface area (Å²) in [6.45, 7) is 1.56. The molecule has 0 saturated carbocycles. The number of fused-ring (bicyclic) bond motifs is 1. The zero-order valence-electron chi connectivity index (χ0n) is 33.0. The number of esters is 3. The van der Waals surface area contributed by atoms with E-state index in [0.717, 1.165) is 20.1 Å². The van der Waals surface area contributed by atoms with E-state index in [2.05, 4.69) is 31.0 Å². The molecule has 1 fully saturated rings. The van der Waals surface area contributed by atoms with E-state index in [1.807, 2.05) is 60.7 Å². The van der Waals surface area contributed by atoms with Crippen molar-refractivity contribution in [2.24, 2.45) is 12.2 Å². The fourth-order valence-electron chi connectivity index (χ4n) is 6.23. The molecule has 0 aliphatic carbocycles. The van der Waals surface area contributed by atoms with Gasteiger partial charge in [-0.15, -0.1) is 16.9 Å². The van der Waals surface area contributed by atoms with Crippen LogP contribution < -0.4 is 20.5 Å². The molecule has 2 aromatic heterocycles. The largest absolute Gasteiger partial charge is 0.448 e. The lowest BCUT2D eigenvalue weighted by atomic mass is 10.0. The zero-order chi connectivity index (χ0) is 43.9. The van der Waals surface area contributed by atoms with Gasteiger partial charge in [0.2, 0.25) is 10.9 Å². The molecule has 20 nitrogen and oxygen atoms in total. The number of anilines is 1. The highest BCUT2D eigenvalue weighted by molar-refractivity contribution is 8.01. The average Bonchev–Trinajstić information content (AvgIpc) is 3.89. The molecule has 3 aromatic carbocycles. The van der Waals surface area contributed by atoms with Crippen LogP contribution in [0.2, 0.25) is 0 Å². The van der Waals surface area contributed by atoms with Crippen LogP contribution in [0.5, 0.6) is 11.5 Å². The normalized spacial score (nSPS) is 16.0. The molecule has 2 aliphatic heterocycles. The number of amides is 2. The van der Waals surface area contributed by atoms with Crippen LogP contribution in [0.3, 0.4) is 0 Å². The highest BCUT2D eigenvalue weighted by atomic mass is 32.2. The maximum Gasteiger partial charge on any atom is 0.356 e. The van der Waals surface area contributed by atoms with E-state index >= 15 is 0 Å². The van der Waals surface area contributed by atoms with Crippen molar-refractivity contribution >= 4 is 70.8 Å². The van der Waals surface area contributed by atoms with Crippen LogP contribution in [0.4, 0.5) is 6.01 Å². The topological polar surface area (TPSA) is 263 Å². The number of nitrogens with zero attached hydrogens (tertiary/aromatic N) is 7. The fraction of sp³-hybridized carbons (Fsp3) is 0.225. The maximum atomic E-state index is 14.4. The molecule has 0 bridgehead atoms. The minimum Gasteiger partial charge on any atom is -0.448 e. The van der Waals surface area contributed by atoms with Gasteiger partial charge in [0.05, 0.1) is 0 Å². The molecular weight excluding hydrogens is 847 g/mol. The molecule has 0 unspecified atom stereocenters. The lowest BCUT2D eigenvalue weighted by molar-refractivity contribution is -0.154. The third kappa shape index (κ3) is 9.66. The number of rotatable bonds is 16. The van der Waals surface area contributed by atoms with E-state index in [9.17, 15) is 28.8 Å². The smallest absolute Gasteiger partial charge is 0.356 e. The number of carbonyl (C=O) groups excluding carboxylic acids is 6. The Morgan fingerprint density at radius 1 is 0.984 bits per heavy atom. The Bertz CT molecular complexity index is 2560. The number of Topliss-reactive ketones (excluding diaryl/α,β-unsaturated/α-hetero) is 1. The molecular formula is C40H35N9O11S2. The maximum absolute atomic E-state index is 14.4. The van der Waals surface area contributed by atoms with Crippen molar-refractivity contribution in [2.75, 3.05) is 23.8 Å². The summed E-state index contributed by atoms with van der Waals surface area (Å²) in [7, 11) is 1.68. The Morgan fingerprint density at radius 3 is 2.27 bits per heavy atom. The SMILES string of the molecule is CC(=O)Oc1ccc(C(=O)CO/N=C(\C(=O)N[C@@H]2C(=O)N3C(C(=O)OC(c4ccccc4)c4ccccc4)=C(CSc4nnnn4C)CS[C@H]23)c2coc(N)n2)cc1OC(C)=O. The molecule has 62 heavy (non-hydrogen) atoms. The molecule has 22 heteroatoms. The molecule has 2 amide bonds. The van der Waals surface area contributed by atoms with Gasteiger partial charge in [0.1, 0.15) is 29.1 Å². The number of ketones is 1. The molecule has 7 rings (SSSR count). The molecule has 4 heterocycles. The van der Waals surface area contributed by atoms with E-state index in [1.165, 1.54) is 51.3 Å². The van der Waals surface area contributed by atoms with Gasteiger partial charge < -0.3 is 34.5 Å². The average molecular weight is 882 g/mol. The zero-order valence-corrected chi connectivity index (χ0v) is 34.6. The summed E-state index contributed by atoms with van der Waals surface area (Å²) in [5, 5.41) is 17.8. The van der Waals surface area contributed by atoms with Crippen LogP contribution in [-0.2, 0) is 40.6 Å². The molecule has 0 radical (unpaired) electrons. The second-order valence-corrected chi connectivity index (χ2v) is 15.4. The summed E-state index contributed by atoms with van der Waals surface area (Å²) >= 11 is 2.59. The number of oxazole rings is 1. The lowest BCUT2D eigenvalue weighted by Crippen LogP contribution is -2.71. The van der Waals surface area contributed by atoms with Gasteiger partial charge in [-0.25, -0.2) is 9.48 Å². The summed E-state index contributed by atoms with van der Waals surface area (Å²) in [5.74, 6) is -4.15. The molecule has 2 atom stereocenters. The number of ether oxygens (including phenoxy) is 3. The van der Waals surface area contributed by atoms with Gasteiger partial charge in [-0.2, -0.15) is 4.98 Å². The number of hydrogen-bond acceptors (Lipinski definition) is 19. The van der Waals surface area contributed by atoms with Gasteiger partial charge in [-0.05, 0) is 45.3 Å². The monoisotopic (exact) mass is 881 g/mol. The minimum atomic E-state index is -1.15. The van der Waals surface area contributed by atoms with Crippen molar-refractivity contribution < 1.29 is 52.2 Å². The summed E-state index contributed by atoms with van der Waals surface area (Å²) < 4.78 is 22.9. The summed E-state index contributed by atoms with van der Waals surface area (Å²) in [4.78, 5) is 89.2. The van der Waals surface area contributed by atoms with Crippen molar-refractivity contribution in [1.82, 2.24) is 35.4 Å². The summed E-state index contributed by atoms with van der Waals surface area (Å²) in [6, 6.07) is 20.7. The first-order chi connectivity index (χ1) is 29.9. The number of nitrogens with one attached hydrogen (secondary N) is 1. The van der Waals surface area contributed by atoms with Gasteiger partial charge in [0, 0.05) is 38.0 Å². The van der Waals surface area contributed by atoms with Gasteiger partial charge in [-0.3, -0.25) is 28.9 Å². The van der Waals surface area contributed by atoms with Crippen LogP contribution in [0.15, 0.2) is 111 Å². The molecule has 0 spiro atoms. The molecule has 318 valence electrons. The van der Waals surface area contributed by atoms with Crippen molar-refractivity contribution in [3.05, 3.63) is 119 Å². The number of nitrogens with two attached hydrogens (primary N) is 1. The summed E-state index contributed by atoms with van der Waals surface area (Å²) in [6.07, 6.45) is 0.219. The Kier molecular flexibility index (Phi) is 13.1. The third-order valence-corrected chi connectivity index (χ3v) is 11.5. The predicted octanol–water partition coefficient (Wildman–Crippen LogP) is 3.01. The third-order valence-electron chi connectivity index (χ3n) is 9.02. The molecule has 5 aromatic rings. The number of oxime groups is 1. The minimum absolute atomic E-state index is 0.00854. The number of carbonyl (C=O) groups is 6. The molecule has 2 aliphatic rings. The number of thioether (sulfide) groups is 2. The van der Waals surface area contributed by atoms with Crippen LogP contribution in [0.25, 0.3) is 0 Å². The predicted molar refractivity (Wildman–Crippen MR) is 219 cm³/mol. The van der Waals surface area contributed by atoms with Gasteiger partial charge in [-0.1, -0.05) is 77.6 Å². The van der Waals surface area contributed by atoms with Gasteiger partial charge in [0.25, 0.3) is 17.8 Å². The second kappa shape index (κ2) is 18.9. The quantitative estimate of drug-likeness (QED) is 0.0274. The van der Waals surface area contributed by atoms with E-state index in [1.54, 1.807) is 7.05 Å². The first-order valence-corrected chi connectivity index (χ1v) is 20.5. The Hall–Kier alpha value is -7.33. The Labute approximate surface area is 360 Å². The van der Waals surface area contributed by atoms with E-state index in [-0.39, 0.29) is 46.0 Å². The standard InChI is InChI=1S/C40H35N9O11S2/c1-21(50)58-29-15-14-25(16-30(29)59-22(2)51)28(52)18-57-45-31(27-17-56-39(41)42-27)35(53)43-32-36(54)49-33(26(19-61-37(32)49)20-62-40-44-46-47-48(40)3)38(55)60-34(23-10-6-4-7-11-23)24-12-8-5-9-13-24/h4-17,32,34,37H,18-20H2,1-3H3,(H2,41,42)(H,43,53)/b45-31-/t32-,37-/m1/s1. The number of tetrazole rings is 1. The number of β-lactam (4-membered cyclic amide) rings is 1. The number of aryl methyl sites for hydroxylation is 1. The van der Waals surface area contributed by atoms with Crippen molar-refractivity contribution in [3.8, 4) is 11.5 Å². The highest BCUT2D eigenvalue weighted by Gasteiger charge is 2.55. The van der Waals surface area contributed by atoms with Crippen molar-refractivity contribution in [1.29, 1.82) is 0 Å². The Balaban J connectivity index is 1.11. The number of aromatic nitrogens is 5. The van der Waals surface area contributed by atoms with E-state index < -0.39 is 65.3 Å². The first kappa shape index (κ1) is 42.8. The second-order valence-electron chi connectivity index (χ2n) is 13.3. The molecule has 1 saturated heterocycles. The van der Waals surface area contributed by atoms with Crippen LogP contribution in [0.1, 0.15) is 47.1 Å². The van der Waals surface area contributed by atoms with Crippen LogP contribution >= 0.6 is 23.5 Å². The van der Waals surface area contributed by atoms with Gasteiger partial charge in [0.15, 0.2) is 29.9 Å². The van der Waals surface area contributed by atoms with E-state index in [4.69, 9.17) is 29.2 Å². The lowest BCUT2D eigenvalue weighted by Gasteiger charge is -2.49. The number of nitrogen functional groups attached to an aromatic ring is 1. The Morgan fingerprint density at radius 2 is 1.66 bits per heavy atom. The molecule has 3 N–H and O–H groups in total. The van der Waals surface area contributed by atoms with Crippen LogP contribution in [-0.4, -0.2) is 101 Å². The van der Waals surface area contributed by atoms with E-state index in [0.29, 0.717) is 21.9 Å². The van der Waals surface area contributed by atoms with Crippen molar-refractivity contribution in [2.45, 2.75) is 36.5 Å². The number of hydrogen-bond donors (Lipinski definition) is 2. The van der Waals surface area contributed by atoms with Crippen molar-refractivity contribution in [3.63, 3.8) is 0 Å². The first-order valence-electron chi connectivity index (χ1n) is 18.5. The van der Waals surface area contributed by atoms with Gasteiger partial charge >= 0.3 is 17.9 Å². The number of benzene rings is 3.